The number of rotatable bonds is 7. The summed E-state index contributed by atoms with van der Waals surface area (Å²) in [6, 6.07) is 27.6. The SMILES string of the molecule is C/C(=N\NC(=O)C(O)(c1ccccc1)c1ccccc1)c1cccc(NC(=O)c2ccco2)c1. The summed E-state index contributed by atoms with van der Waals surface area (Å²) >= 11 is 0. The van der Waals surface area contributed by atoms with Gasteiger partial charge in [0.15, 0.2) is 11.4 Å². The highest BCUT2D eigenvalue weighted by Crippen LogP contribution is 2.29. The van der Waals surface area contributed by atoms with E-state index in [0.29, 0.717) is 28.1 Å². The molecule has 0 bridgehead atoms. The van der Waals surface area contributed by atoms with Crippen LogP contribution in [0.5, 0.6) is 0 Å². The van der Waals surface area contributed by atoms with Crippen molar-refractivity contribution in [3.63, 3.8) is 0 Å². The van der Waals surface area contributed by atoms with Crippen molar-refractivity contribution in [1.82, 2.24) is 5.43 Å². The Morgan fingerprint density at radius 2 is 1.50 bits per heavy atom. The van der Waals surface area contributed by atoms with Gasteiger partial charge in [-0.1, -0.05) is 72.8 Å². The number of hydrazone groups is 1. The number of amides is 2. The van der Waals surface area contributed by atoms with Crippen LogP contribution in [-0.2, 0) is 10.4 Å². The number of benzene rings is 3. The minimum absolute atomic E-state index is 0.198. The molecule has 0 aliphatic heterocycles. The van der Waals surface area contributed by atoms with Gasteiger partial charge in [-0.05, 0) is 47.9 Å². The summed E-state index contributed by atoms with van der Waals surface area (Å²) in [5, 5.41) is 18.5. The third kappa shape index (κ3) is 4.79. The quantitative estimate of drug-likeness (QED) is 0.287. The predicted octanol–water partition coefficient (Wildman–Crippen LogP) is 4.31. The molecular formula is C27H23N3O4. The number of hydrogen-bond donors (Lipinski definition) is 3. The predicted molar refractivity (Wildman–Crippen MR) is 129 cm³/mol. The van der Waals surface area contributed by atoms with Crippen molar-refractivity contribution in [3.05, 3.63) is 126 Å². The topological polar surface area (TPSA) is 104 Å². The molecule has 34 heavy (non-hydrogen) atoms. The van der Waals surface area contributed by atoms with Crippen molar-refractivity contribution < 1.29 is 19.1 Å². The fourth-order valence-corrected chi connectivity index (χ4v) is 3.49. The standard InChI is InChI=1S/C27H23N3O4/c1-19(20-10-8-15-23(18-20)28-25(31)24-16-9-17-34-24)29-30-26(32)27(33,21-11-4-2-5-12-21)22-13-6-3-7-14-22/h2-18,33H,1H3,(H,28,31)(H,30,32)/b29-19+. The summed E-state index contributed by atoms with van der Waals surface area (Å²) in [4.78, 5) is 25.4. The van der Waals surface area contributed by atoms with Crippen LogP contribution in [0, 0.1) is 0 Å². The monoisotopic (exact) mass is 453 g/mol. The molecule has 2 amide bonds. The van der Waals surface area contributed by atoms with Gasteiger partial charge in [0.25, 0.3) is 11.8 Å². The zero-order chi connectivity index (χ0) is 24.0. The van der Waals surface area contributed by atoms with E-state index in [1.807, 2.05) is 12.1 Å². The summed E-state index contributed by atoms with van der Waals surface area (Å²) in [6.07, 6.45) is 1.43. The van der Waals surface area contributed by atoms with E-state index < -0.39 is 11.5 Å². The van der Waals surface area contributed by atoms with Crippen molar-refractivity contribution in [2.75, 3.05) is 5.32 Å². The summed E-state index contributed by atoms with van der Waals surface area (Å²) in [5.41, 5.74) is 3.14. The molecule has 7 nitrogen and oxygen atoms in total. The molecule has 0 aliphatic carbocycles. The third-order valence-corrected chi connectivity index (χ3v) is 5.32. The molecule has 0 spiro atoms. The molecule has 0 unspecified atom stereocenters. The molecule has 7 heteroatoms. The van der Waals surface area contributed by atoms with E-state index in [2.05, 4.69) is 15.8 Å². The van der Waals surface area contributed by atoms with Crippen LogP contribution in [-0.4, -0.2) is 22.6 Å². The van der Waals surface area contributed by atoms with Crippen LogP contribution < -0.4 is 10.7 Å². The second-order valence-corrected chi connectivity index (χ2v) is 7.59. The van der Waals surface area contributed by atoms with Crippen LogP contribution in [0.25, 0.3) is 0 Å². The minimum Gasteiger partial charge on any atom is -0.459 e. The number of carbonyl (C=O) groups excluding carboxylic acids is 2. The average Bonchev–Trinajstić information content (AvgIpc) is 3.43. The first-order chi connectivity index (χ1) is 16.5. The molecule has 0 aliphatic rings. The van der Waals surface area contributed by atoms with Crippen LogP contribution in [0.15, 0.2) is 113 Å². The highest BCUT2D eigenvalue weighted by atomic mass is 16.3. The van der Waals surface area contributed by atoms with E-state index in [1.54, 1.807) is 91.9 Å². The first-order valence-electron chi connectivity index (χ1n) is 10.6. The fourth-order valence-electron chi connectivity index (χ4n) is 3.49. The largest absolute Gasteiger partial charge is 0.459 e. The van der Waals surface area contributed by atoms with Gasteiger partial charge < -0.3 is 14.8 Å². The molecule has 0 saturated heterocycles. The van der Waals surface area contributed by atoms with Gasteiger partial charge in [-0.25, -0.2) is 5.43 Å². The summed E-state index contributed by atoms with van der Waals surface area (Å²) < 4.78 is 5.11. The maximum atomic E-state index is 13.2. The number of aliphatic hydroxyl groups is 1. The highest BCUT2D eigenvalue weighted by molar-refractivity contribution is 6.04. The summed E-state index contributed by atoms with van der Waals surface area (Å²) in [6.45, 7) is 1.72. The van der Waals surface area contributed by atoms with Gasteiger partial charge in [0.2, 0.25) is 0 Å². The Kier molecular flexibility index (Phi) is 6.66. The third-order valence-electron chi connectivity index (χ3n) is 5.32. The van der Waals surface area contributed by atoms with E-state index in [9.17, 15) is 14.7 Å². The Balaban J connectivity index is 1.55. The average molecular weight is 453 g/mol. The number of anilines is 1. The first kappa shape index (κ1) is 22.7. The Bertz CT molecular complexity index is 1260. The van der Waals surface area contributed by atoms with Gasteiger partial charge in [-0.2, -0.15) is 5.10 Å². The van der Waals surface area contributed by atoms with E-state index in [0.717, 1.165) is 0 Å². The molecule has 4 rings (SSSR count). The van der Waals surface area contributed by atoms with E-state index in [4.69, 9.17) is 4.42 Å². The van der Waals surface area contributed by atoms with Crippen LogP contribution in [0.2, 0.25) is 0 Å². The fraction of sp³-hybridized carbons (Fsp3) is 0.0741. The number of furan rings is 1. The summed E-state index contributed by atoms with van der Waals surface area (Å²) in [5.74, 6) is -0.864. The summed E-state index contributed by atoms with van der Waals surface area (Å²) in [7, 11) is 0. The van der Waals surface area contributed by atoms with Crippen molar-refractivity contribution in [2.45, 2.75) is 12.5 Å². The molecule has 4 aromatic rings. The normalized spacial score (nSPS) is 11.6. The van der Waals surface area contributed by atoms with Gasteiger partial charge in [0.05, 0.1) is 12.0 Å². The van der Waals surface area contributed by atoms with Crippen LogP contribution >= 0.6 is 0 Å². The Labute approximate surface area is 196 Å². The molecule has 1 aromatic heterocycles. The molecule has 3 aromatic carbocycles. The maximum Gasteiger partial charge on any atom is 0.291 e. The second-order valence-electron chi connectivity index (χ2n) is 7.59. The zero-order valence-corrected chi connectivity index (χ0v) is 18.4. The Morgan fingerprint density at radius 3 is 2.09 bits per heavy atom. The number of nitrogens with zero attached hydrogens (tertiary/aromatic N) is 1. The van der Waals surface area contributed by atoms with Gasteiger partial charge in [0.1, 0.15) is 0 Å². The minimum atomic E-state index is -1.93. The van der Waals surface area contributed by atoms with Gasteiger partial charge in [-0.3, -0.25) is 9.59 Å². The molecule has 0 atom stereocenters. The molecule has 170 valence electrons. The van der Waals surface area contributed by atoms with Gasteiger partial charge in [-0.15, -0.1) is 0 Å². The molecule has 3 N–H and O–H groups in total. The molecule has 0 radical (unpaired) electrons. The highest BCUT2D eigenvalue weighted by Gasteiger charge is 2.39. The number of hydrogen-bond acceptors (Lipinski definition) is 5. The van der Waals surface area contributed by atoms with Crippen molar-refractivity contribution in [3.8, 4) is 0 Å². The van der Waals surface area contributed by atoms with Crippen molar-refractivity contribution >= 4 is 23.2 Å². The van der Waals surface area contributed by atoms with Crippen molar-refractivity contribution in [2.24, 2.45) is 5.10 Å². The first-order valence-corrected chi connectivity index (χ1v) is 10.6. The van der Waals surface area contributed by atoms with E-state index in [-0.39, 0.29) is 11.7 Å². The van der Waals surface area contributed by atoms with Crippen molar-refractivity contribution in [1.29, 1.82) is 0 Å². The maximum absolute atomic E-state index is 13.2. The lowest BCUT2D eigenvalue weighted by Gasteiger charge is -2.27. The van der Waals surface area contributed by atoms with Gasteiger partial charge in [0, 0.05) is 5.69 Å². The lowest BCUT2D eigenvalue weighted by Crippen LogP contribution is -2.43. The smallest absolute Gasteiger partial charge is 0.291 e. The lowest BCUT2D eigenvalue weighted by atomic mass is 9.85. The second kappa shape index (κ2) is 9.97. The molecule has 1 heterocycles. The Hall–Kier alpha value is -4.49. The zero-order valence-electron chi connectivity index (χ0n) is 18.4. The number of nitrogens with one attached hydrogen (secondary N) is 2. The lowest BCUT2D eigenvalue weighted by molar-refractivity contribution is -0.136. The Morgan fingerprint density at radius 1 is 0.853 bits per heavy atom. The van der Waals surface area contributed by atoms with Crippen LogP contribution in [0.1, 0.15) is 34.2 Å². The van der Waals surface area contributed by atoms with Crippen LogP contribution in [0.4, 0.5) is 5.69 Å². The molecular weight excluding hydrogens is 430 g/mol. The van der Waals surface area contributed by atoms with E-state index in [1.165, 1.54) is 6.26 Å². The molecule has 0 saturated carbocycles. The van der Waals surface area contributed by atoms with Gasteiger partial charge >= 0.3 is 0 Å². The number of carbonyl (C=O) groups is 2. The van der Waals surface area contributed by atoms with Crippen LogP contribution in [0.3, 0.4) is 0 Å². The van der Waals surface area contributed by atoms with E-state index >= 15 is 0 Å². The molecule has 0 fully saturated rings.